The average molecular weight is 283 g/mol. The maximum Gasteiger partial charge on any atom is 0.236 e. The van der Waals surface area contributed by atoms with Crippen molar-refractivity contribution in [2.75, 3.05) is 6.54 Å². The highest BCUT2D eigenvalue weighted by Gasteiger charge is 2.17. The molecule has 0 aliphatic rings. The molecule has 0 saturated carbocycles. The number of unbranched alkanes of at least 4 members (excludes halogenated alkanes) is 2. The molecule has 4 nitrogen and oxygen atoms in total. The first-order valence-corrected chi connectivity index (χ1v) is 7.88. The van der Waals surface area contributed by atoms with E-state index in [0.29, 0.717) is 0 Å². The van der Waals surface area contributed by atoms with Crippen LogP contribution in [0.5, 0.6) is 0 Å². The molecule has 0 fully saturated rings. The number of amides is 1. The predicted octanol–water partition coefficient (Wildman–Crippen LogP) is 2.80. The summed E-state index contributed by atoms with van der Waals surface area (Å²) in [6, 6.07) is -0.0871. The van der Waals surface area contributed by atoms with Crippen molar-refractivity contribution in [1.82, 2.24) is 15.6 Å². The Morgan fingerprint density at radius 2 is 2.16 bits per heavy atom. The van der Waals surface area contributed by atoms with E-state index in [1.807, 2.05) is 26.2 Å². The van der Waals surface area contributed by atoms with Crippen LogP contribution in [0.15, 0.2) is 5.38 Å². The van der Waals surface area contributed by atoms with Gasteiger partial charge in [-0.05, 0) is 27.2 Å². The first kappa shape index (κ1) is 16.1. The molecule has 108 valence electrons. The smallest absolute Gasteiger partial charge is 0.236 e. The van der Waals surface area contributed by atoms with Gasteiger partial charge < -0.3 is 5.32 Å². The highest BCUT2D eigenvalue weighted by molar-refractivity contribution is 7.09. The normalized spacial score (nSPS) is 14.1. The molecule has 1 aromatic rings. The van der Waals surface area contributed by atoms with Gasteiger partial charge in [-0.3, -0.25) is 10.1 Å². The molecular formula is C14H25N3OS. The van der Waals surface area contributed by atoms with Crippen LogP contribution in [-0.4, -0.2) is 23.5 Å². The largest absolute Gasteiger partial charge is 0.355 e. The number of carbonyl (C=O) groups is 1. The molecule has 0 spiro atoms. The van der Waals surface area contributed by atoms with Crippen LogP contribution >= 0.6 is 11.3 Å². The molecule has 0 aromatic carbocycles. The molecule has 1 rings (SSSR count). The van der Waals surface area contributed by atoms with Gasteiger partial charge in [-0.2, -0.15) is 0 Å². The molecule has 0 saturated heterocycles. The molecule has 2 atom stereocenters. The number of aromatic nitrogens is 1. The zero-order valence-corrected chi connectivity index (χ0v) is 13.1. The van der Waals surface area contributed by atoms with Gasteiger partial charge in [-0.25, -0.2) is 4.98 Å². The van der Waals surface area contributed by atoms with Crippen LogP contribution in [-0.2, 0) is 4.79 Å². The third-order valence-corrected chi connectivity index (χ3v) is 4.13. The fourth-order valence-electron chi connectivity index (χ4n) is 1.83. The summed E-state index contributed by atoms with van der Waals surface area (Å²) in [6.45, 7) is 8.84. The summed E-state index contributed by atoms with van der Waals surface area (Å²) in [6.07, 6.45) is 3.39. The highest BCUT2D eigenvalue weighted by Crippen LogP contribution is 2.17. The lowest BCUT2D eigenvalue weighted by Crippen LogP contribution is -2.43. The third kappa shape index (κ3) is 5.70. The van der Waals surface area contributed by atoms with E-state index < -0.39 is 0 Å². The van der Waals surface area contributed by atoms with Crippen LogP contribution in [0.2, 0.25) is 0 Å². The van der Waals surface area contributed by atoms with E-state index in [2.05, 4.69) is 22.5 Å². The summed E-state index contributed by atoms with van der Waals surface area (Å²) in [5, 5.41) is 9.31. The Hall–Kier alpha value is -0.940. The minimum absolute atomic E-state index is 0.0660. The first-order valence-electron chi connectivity index (χ1n) is 7.00. The van der Waals surface area contributed by atoms with Crippen molar-refractivity contribution >= 4 is 17.2 Å². The van der Waals surface area contributed by atoms with Gasteiger partial charge in [0.05, 0.1) is 12.1 Å². The van der Waals surface area contributed by atoms with Gasteiger partial charge in [0.25, 0.3) is 0 Å². The van der Waals surface area contributed by atoms with Crippen LogP contribution in [0, 0.1) is 6.92 Å². The number of aryl methyl sites for hydroxylation is 1. The quantitative estimate of drug-likeness (QED) is 0.721. The molecule has 0 bridgehead atoms. The molecule has 0 aliphatic carbocycles. The number of nitrogens with zero attached hydrogens (tertiary/aromatic N) is 1. The van der Waals surface area contributed by atoms with Crippen LogP contribution in [0.25, 0.3) is 0 Å². The van der Waals surface area contributed by atoms with Gasteiger partial charge in [0.2, 0.25) is 5.91 Å². The number of rotatable bonds is 8. The standard InChI is InChI=1S/C14H25N3OS/c1-5-6-7-8-15-13(18)11(3)17-12(4)14-16-10(2)9-19-14/h9,11-12,17H,5-8H2,1-4H3,(H,15,18). The molecule has 1 amide bonds. The molecule has 0 radical (unpaired) electrons. The third-order valence-electron chi connectivity index (χ3n) is 2.98. The van der Waals surface area contributed by atoms with Gasteiger partial charge >= 0.3 is 0 Å². The molecule has 0 aliphatic heterocycles. The van der Waals surface area contributed by atoms with Crippen molar-refractivity contribution in [2.24, 2.45) is 0 Å². The van der Waals surface area contributed by atoms with Gasteiger partial charge in [0.1, 0.15) is 5.01 Å². The van der Waals surface area contributed by atoms with E-state index in [9.17, 15) is 4.79 Å². The van der Waals surface area contributed by atoms with Crippen molar-refractivity contribution in [2.45, 2.75) is 59.0 Å². The zero-order valence-electron chi connectivity index (χ0n) is 12.3. The zero-order chi connectivity index (χ0) is 14.3. The lowest BCUT2D eigenvalue weighted by atomic mass is 10.2. The monoisotopic (exact) mass is 283 g/mol. The van der Waals surface area contributed by atoms with E-state index in [1.54, 1.807) is 11.3 Å². The maximum atomic E-state index is 11.9. The minimum Gasteiger partial charge on any atom is -0.355 e. The van der Waals surface area contributed by atoms with Crippen LogP contribution in [0.3, 0.4) is 0 Å². The summed E-state index contributed by atoms with van der Waals surface area (Å²) < 4.78 is 0. The van der Waals surface area contributed by atoms with Gasteiger partial charge in [0.15, 0.2) is 0 Å². The van der Waals surface area contributed by atoms with Crippen molar-refractivity contribution in [3.05, 3.63) is 16.1 Å². The molecular weight excluding hydrogens is 258 g/mol. The fraction of sp³-hybridized carbons (Fsp3) is 0.714. The Morgan fingerprint density at radius 3 is 2.74 bits per heavy atom. The van der Waals surface area contributed by atoms with E-state index in [1.165, 1.54) is 6.42 Å². The average Bonchev–Trinajstić information content (AvgIpc) is 2.81. The first-order chi connectivity index (χ1) is 9.04. The van der Waals surface area contributed by atoms with Crippen LogP contribution < -0.4 is 10.6 Å². The van der Waals surface area contributed by atoms with Crippen molar-refractivity contribution in [1.29, 1.82) is 0 Å². The molecule has 2 N–H and O–H groups in total. The van der Waals surface area contributed by atoms with Crippen molar-refractivity contribution in [3.63, 3.8) is 0 Å². The lowest BCUT2D eigenvalue weighted by molar-refractivity contribution is -0.122. The molecule has 19 heavy (non-hydrogen) atoms. The highest BCUT2D eigenvalue weighted by atomic mass is 32.1. The molecule has 2 unspecified atom stereocenters. The Morgan fingerprint density at radius 1 is 1.42 bits per heavy atom. The fourth-order valence-corrected chi connectivity index (χ4v) is 2.65. The molecule has 5 heteroatoms. The van der Waals surface area contributed by atoms with Crippen molar-refractivity contribution in [3.8, 4) is 0 Å². The van der Waals surface area contributed by atoms with Gasteiger partial charge in [-0.15, -0.1) is 11.3 Å². The Kier molecular flexibility index (Phi) is 7.02. The molecule has 1 aromatic heterocycles. The maximum absolute atomic E-state index is 11.9. The summed E-state index contributed by atoms with van der Waals surface area (Å²) in [4.78, 5) is 16.3. The minimum atomic E-state index is -0.194. The second kappa shape index (κ2) is 8.27. The van der Waals surface area contributed by atoms with Crippen molar-refractivity contribution < 1.29 is 4.79 Å². The van der Waals surface area contributed by atoms with Crippen LogP contribution in [0.1, 0.15) is 56.8 Å². The summed E-state index contributed by atoms with van der Waals surface area (Å²) in [7, 11) is 0. The topological polar surface area (TPSA) is 54.0 Å². The Labute approximate surface area is 120 Å². The SMILES string of the molecule is CCCCCNC(=O)C(C)NC(C)c1nc(C)cs1. The van der Waals surface area contributed by atoms with E-state index in [0.717, 1.165) is 30.1 Å². The van der Waals surface area contributed by atoms with E-state index >= 15 is 0 Å². The number of hydrogen-bond acceptors (Lipinski definition) is 4. The number of carbonyl (C=O) groups excluding carboxylic acids is 1. The summed E-state index contributed by atoms with van der Waals surface area (Å²) >= 11 is 1.63. The second-order valence-electron chi connectivity index (χ2n) is 4.94. The van der Waals surface area contributed by atoms with E-state index in [4.69, 9.17) is 0 Å². The van der Waals surface area contributed by atoms with Gasteiger partial charge in [0, 0.05) is 17.6 Å². The van der Waals surface area contributed by atoms with Crippen LogP contribution in [0.4, 0.5) is 0 Å². The predicted molar refractivity (Wildman–Crippen MR) is 80.4 cm³/mol. The second-order valence-corrected chi connectivity index (χ2v) is 5.82. The number of thiazole rings is 1. The summed E-state index contributed by atoms with van der Waals surface area (Å²) in [5.74, 6) is 0.0660. The number of nitrogens with one attached hydrogen (secondary N) is 2. The number of hydrogen-bond donors (Lipinski definition) is 2. The summed E-state index contributed by atoms with van der Waals surface area (Å²) in [5.41, 5.74) is 1.03. The lowest BCUT2D eigenvalue weighted by Gasteiger charge is -2.18. The van der Waals surface area contributed by atoms with Gasteiger partial charge in [-0.1, -0.05) is 19.8 Å². The Bertz CT molecular complexity index is 392. The van der Waals surface area contributed by atoms with E-state index in [-0.39, 0.29) is 18.0 Å². The Balaban J connectivity index is 2.33. The molecule has 1 heterocycles.